The maximum absolute atomic E-state index is 12.7. The van der Waals surface area contributed by atoms with Crippen LogP contribution in [0.25, 0.3) is 0 Å². The molecule has 1 aromatic carbocycles. The van der Waals surface area contributed by atoms with Gasteiger partial charge in [0.2, 0.25) is 0 Å². The smallest absolute Gasteiger partial charge is 0.312 e. The maximum atomic E-state index is 12.7. The predicted molar refractivity (Wildman–Crippen MR) is 94.9 cm³/mol. The van der Waals surface area contributed by atoms with E-state index in [0.29, 0.717) is 29.3 Å². The van der Waals surface area contributed by atoms with E-state index in [0.717, 1.165) is 24.8 Å². The first-order chi connectivity index (χ1) is 12.0. The molecule has 25 heavy (non-hydrogen) atoms. The fourth-order valence-corrected chi connectivity index (χ4v) is 5.62. The Morgan fingerprint density at radius 2 is 1.60 bits per heavy atom. The van der Waals surface area contributed by atoms with E-state index < -0.39 is 0 Å². The predicted octanol–water partition coefficient (Wildman–Crippen LogP) is 3.72. The van der Waals surface area contributed by atoms with Crippen LogP contribution < -0.4 is 5.32 Å². The molecule has 4 aliphatic carbocycles. The molecular weight excluding hydrogens is 338 g/mol. The minimum atomic E-state index is -0.300. The van der Waals surface area contributed by atoms with Crippen LogP contribution in [0.1, 0.15) is 44.1 Å². The number of hydrogen-bond acceptors (Lipinski definition) is 3. The summed E-state index contributed by atoms with van der Waals surface area (Å²) in [6.45, 7) is 0.221. The molecule has 0 radical (unpaired) electrons. The first-order valence-corrected chi connectivity index (χ1v) is 9.58. The van der Waals surface area contributed by atoms with Gasteiger partial charge in [-0.2, -0.15) is 0 Å². The van der Waals surface area contributed by atoms with Crippen LogP contribution >= 0.6 is 11.6 Å². The molecule has 0 unspecified atom stereocenters. The van der Waals surface area contributed by atoms with Gasteiger partial charge >= 0.3 is 5.97 Å². The molecule has 0 heterocycles. The Balaban J connectivity index is 1.27. The largest absolute Gasteiger partial charge is 0.455 e. The van der Waals surface area contributed by atoms with E-state index in [1.54, 1.807) is 12.1 Å². The van der Waals surface area contributed by atoms with Crippen molar-refractivity contribution < 1.29 is 14.3 Å². The fourth-order valence-electron chi connectivity index (χ4n) is 5.50. The lowest BCUT2D eigenvalue weighted by molar-refractivity contribution is -0.173. The van der Waals surface area contributed by atoms with Crippen molar-refractivity contribution in [3.63, 3.8) is 0 Å². The molecule has 4 saturated carbocycles. The number of amides is 1. The highest BCUT2D eigenvalue weighted by Gasteiger charge is 2.55. The van der Waals surface area contributed by atoms with Crippen LogP contribution in [0.3, 0.4) is 0 Å². The lowest BCUT2D eigenvalue weighted by atomic mass is 9.49. The zero-order valence-electron chi connectivity index (χ0n) is 14.3. The van der Waals surface area contributed by atoms with Gasteiger partial charge in [-0.1, -0.05) is 23.7 Å². The highest BCUT2D eigenvalue weighted by atomic mass is 35.5. The van der Waals surface area contributed by atoms with Crippen LogP contribution in [0.15, 0.2) is 24.3 Å². The normalized spacial score (nSPS) is 32.4. The summed E-state index contributed by atoms with van der Waals surface area (Å²) in [5.41, 5.74) is 0.663. The Morgan fingerprint density at radius 1 is 1.04 bits per heavy atom. The molecule has 0 atom stereocenters. The Bertz CT molecular complexity index is 635. The molecule has 5 heteroatoms. The third-order valence-corrected chi connectivity index (χ3v) is 6.46. The number of carbonyl (C=O) groups excluding carboxylic acids is 2. The van der Waals surface area contributed by atoms with Gasteiger partial charge in [-0.05, 0) is 74.0 Å². The maximum Gasteiger partial charge on any atom is 0.312 e. The van der Waals surface area contributed by atoms with E-state index in [2.05, 4.69) is 5.32 Å². The second-order valence-corrected chi connectivity index (χ2v) is 8.61. The van der Waals surface area contributed by atoms with Crippen molar-refractivity contribution in [1.82, 2.24) is 5.32 Å². The molecular formula is C20H24ClNO3. The van der Waals surface area contributed by atoms with Crippen LogP contribution in [0.2, 0.25) is 5.02 Å². The monoisotopic (exact) mass is 361 g/mol. The third kappa shape index (κ3) is 3.55. The van der Waals surface area contributed by atoms with E-state index in [-0.39, 0.29) is 23.9 Å². The fraction of sp³-hybridized carbons (Fsp3) is 0.600. The van der Waals surface area contributed by atoms with Gasteiger partial charge < -0.3 is 10.1 Å². The highest BCUT2D eigenvalue weighted by molar-refractivity contribution is 6.30. The Hall–Kier alpha value is -1.55. The van der Waals surface area contributed by atoms with Crippen LogP contribution in [-0.4, -0.2) is 18.5 Å². The molecule has 0 saturated heterocycles. The standard InChI is InChI=1S/C20H24ClNO3/c21-17-3-1-13(2-4-17)11-22-18(23)12-25-19(24)20-8-14-5-15(9-20)7-16(6-14)10-20/h1-4,14-16H,5-12H2,(H,22,23). The van der Waals surface area contributed by atoms with Crippen molar-refractivity contribution in [2.45, 2.75) is 45.1 Å². The van der Waals surface area contributed by atoms with Gasteiger partial charge in [0.05, 0.1) is 5.41 Å². The van der Waals surface area contributed by atoms with Crippen molar-refractivity contribution in [2.75, 3.05) is 6.61 Å². The summed E-state index contributed by atoms with van der Waals surface area (Å²) in [6, 6.07) is 7.31. The lowest BCUT2D eigenvalue weighted by Crippen LogP contribution is -2.51. The molecule has 0 aromatic heterocycles. The number of hydrogen-bond donors (Lipinski definition) is 1. The summed E-state index contributed by atoms with van der Waals surface area (Å²) in [7, 11) is 0. The van der Waals surface area contributed by atoms with Gasteiger partial charge in [0.15, 0.2) is 6.61 Å². The van der Waals surface area contributed by atoms with E-state index in [4.69, 9.17) is 16.3 Å². The zero-order valence-corrected chi connectivity index (χ0v) is 15.1. The average molecular weight is 362 g/mol. The summed E-state index contributed by atoms with van der Waals surface area (Å²) >= 11 is 5.84. The number of ether oxygens (including phenoxy) is 1. The van der Waals surface area contributed by atoms with Gasteiger partial charge in [0.1, 0.15) is 0 Å². The number of nitrogens with one attached hydrogen (secondary N) is 1. The summed E-state index contributed by atoms with van der Waals surface area (Å²) in [5, 5.41) is 3.45. The molecule has 5 rings (SSSR count). The van der Waals surface area contributed by atoms with Gasteiger partial charge in [-0.3, -0.25) is 9.59 Å². The Kier molecular flexibility index (Phi) is 4.48. The van der Waals surface area contributed by atoms with Gasteiger partial charge in [0.25, 0.3) is 5.91 Å². The summed E-state index contributed by atoms with van der Waals surface area (Å²) in [4.78, 5) is 24.7. The average Bonchev–Trinajstić information content (AvgIpc) is 2.58. The number of carbonyl (C=O) groups is 2. The second kappa shape index (κ2) is 6.64. The zero-order chi connectivity index (χ0) is 17.4. The van der Waals surface area contributed by atoms with Crippen molar-refractivity contribution in [3.8, 4) is 0 Å². The van der Waals surface area contributed by atoms with E-state index in [1.807, 2.05) is 12.1 Å². The minimum absolute atomic E-state index is 0.145. The van der Waals surface area contributed by atoms with Gasteiger partial charge in [-0.25, -0.2) is 0 Å². The molecule has 4 nitrogen and oxygen atoms in total. The Labute approximate surface area is 153 Å². The van der Waals surface area contributed by atoms with E-state index in [9.17, 15) is 9.59 Å². The molecule has 134 valence electrons. The van der Waals surface area contributed by atoms with Crippen molar-refractivity contribution >= 4 is 23.5 Å². The second-order valence-electron chi connectivity index (χ2n) is 8.18. The molecule has 4 aliphatic rings. The van der Waals surface area contributed by atoms with Crippen molar-refractivity contribution in [1.29, 1.82) is 0 Å². The molecule has 0 spiro atoms. The van der Waals surface area contributed by atoms with E-state index in [1.165, 1.54) is 19.3 Å². The van der Waals surface area contributed by atoms with Crippen LogP contribution in [-0.2, 0) is 20.9 Å². The molecule has 4 bridgehead atoms. The third-order valence-electron chi connectivity index (χ3n) is 6.21. The summed E-state index contributed by atoms with van der Waals surface area (Å²) < 4.78 is 5.42. The molecule has 4 fully saturated rings. The minimum Gasteiger partial charge on any atom is -0.455 e. The van der Waals surface area contributed by atoms with E-state index >= 15 is 0 Å². The summed E-state index contributed by atoms with van der Waals surface area (Å²) in [5.74, 6) is 1.67. The van der Waals surface area contributed by atoms with Crippen LogP contribution in [0.4, 0.5) is 0 Å². The molecule has 1 amide bonds. The quantitative estimate of drug-likeness (QED) is 0.813. The van der Waals surface area contributed by atoms with Crippen molar-refractivity contribution in [2.24, 2.45) is 23.2 Å². The summed E-state index contributed by atoms with van der Waals surface area (Å²) in [6.07, 6.45) is 6.75. The number of benzene rings is 1. The number of esters is 1. The number of rotatable bonds is 5. The van der Waals surface area contributed by atoms with Gasteiger partial charge in [0, 0.05) is 11.6 Å². The Morgan fingerprint density at radius 3 is 2.16 bits per heavy atom. The van der Waals surface area contributed by atoms with Crippen LogP contribution in [0.5, 0.6) is 0 Å². The first-order valence-electron chi connectivity index (χ1n) is 9.21. The first kappa shape index (κ1) is 16.9. The molecule has 1 N–H and O–H groups in total. The molecule has 1 aromatic rings. The van der Waals surface area contributed by atoms with Crippen molar-refractivity contribution in [3.05, 3.63) is 34.9 Å². The van der Waals surface area contributed by atoms with Gasteiger partial charge in [-0.15, -0.1) is 0 Å². The van der Waals surface area contributed by atoms with Crippen LogP contribution in [0, 0.1) is 23.2 Å². The topological polar surface area (TPSA) is 55.4 Å². The SMILES string of the molecule is O=C(COC(=O)C12CC3CC(CC(C3)C1)C2)NCc1ccc(Cl)cc1. The number of halogens is 1. The highest BCUT2D eigenvalue weighted by Crippen LogP contribution is 2.60. The molecule has 0 aliphatic heterocycles. The lowest BCUT2D eigenvalue weighted by Gasteiger charge is -2.55.